The van der Waals surface area contributed by atoms with Gasteiger partial charge in [0.05, 0.1) is 17.0 Å². The SMILES string of the molecule is Cc1ncnc(C)c1C(=O)NC(C)(C)C. The number of rotatable bonds is 1. The first-order chi connectivity index (χ1) is 6.81. The number of amides is 1. The predicted molar refractivity (Wildman–Crippen MR) is 58.7 cm³/mol. The molecule has 0 fully saturated rings. The number of aryl methyl sites for hydroxylation is 2. The van der Waals surface area contributed by atoms with Crippen LogP contribution in [0, 0.1) is 13.8 Å². The molecule has 1 aromatic heterocycles. The Morgan fingerprint density at radius 3 is 2.07 bits per heavy atom. The molecule has 1 N–H and O–H groups in total. The molecule has 0 atom stereocenters. The van der Waals surface area contributed by atoms with Gasteiger partial charge in [0, 0.05) is 5.54 Å². The van der Waals surface area contributed by atoms with Crippen molar-refractivity contribution in [3.8, 4) is 0 Å². The summed E-state index contributed by atoms with van der Waals surface area (Å²) in [5.41, 5.74) is 1.76. The van der Waals surface area contributed by atoms with Crippen LogP contribution in [-0.4, -0.2) is 21.4 Å². The van der Waals surface area contributed by atoms with E-state index in [0.717, 1.165) is 0 Å². The van der Waals surface area contributed by atoms with E-state index in [-0.39, 0.29) is 11.4 Å². The quantitative estimate of drug-likeness (QED) is 0.761. The molecule has 0 aliphatic heterocycles. The molecule has 0 saturated heterocycles. The number of carbonyl (C=O) groups excluding carboxylic acids is 1. The molecule has 0 aliphatic rings. The van der Waals surface area contributed by atoms with Crippen molar-refractivity contribution in [3.63, 3.8) is 0 Å². The lowest BCUT2D eigenvalue weighted by Crippen LogP contribution is -2.41. The minimum Gasteiger partial charge on any atom is -0.347 e. The second-order valence-electron chi connectivity index (χ2n) is 4.62. The number of nitrogens with one attached hydrogen (secondary N) is 1. The van der Waals surface area contributed by atoms with E-state index in [1.165, 1.54) is 6.33 Å². The highest BCUT2D eigenvalue weighted by atomic mass is 16.1. The molecule has 0 saturated carbocycles. The summed E-state index contributed by atoms with van der Waals surface area (Å²) in [4.78, 5) is 19.9. The number of nitrogens with zero attached hydrogens (tertiary/aromatic N) is 2. The van der Waals surface area contributed by atoms with E-state index in [1.54, 1.807) is 0 Å². The fourth-order valence-electron chi connectivity index (χ4n) is 1.32. The van der Waals surface area contributed by atoms with Gasteiger partial charge in [0.1, 0.15) is 6.33 Å². The van der Waals surface area contributed by atoms with Crippen LogP contribution in [0.5, 0.6) is 0 Å². The van der Waals surface area contributed by atoms with Crippen LogP contribution < -0.4 is 5.32 Å². The van der Waals surface area contributed by atoms with Crippen molar-refractivity contribution in [1.29, 1.82) is 0 Å². The zero-order valence-electron chi connectivity index (χ0n) is 9.88. The monoisotopic (exact) mass is 207 g/mol. The number of aromatic nitrogens is 2. The van der Waals surface area contributed by atoms with Gasteiger partial charge in [-0.3, -0.25) is 4.79 Å². The van der Waals surface area contributed by atoms with Gasteiger partial charge in [0.2, 0.25) is 0 Å². The van der Waals surface area contributed by atoms with Crippen molar-refractivity contribution < 1.29 is 4.79 Å². The maximum Gasteiger partial charge on any atom is 0.255 e. The zero-order valence-corrected chi connectivity index (χ0v) is 9.88. The molecule has 0 radical (unpaired) electrons. The summed E-state index contributed by atoms with van der Waals surface area (Å²) in [6.07, 6.45) is 1.47. The third kappa shape index (κ3) is 3.01. The van der Waals surface area contributed by atoms with Crippen LogP contribution in [-0.2, 0) is 0 Å². The molecule has 0 unspecified atom stereocenters. The van der Waals surface area contributed by atoms with Gasteiger partial charge in [-0.25, -0.2) is 9.97 Å². The standard InChI is InChI=1S/C11H17N3O/c1-7-9(8(2)13-6-12-7)10(15)14-11(3,4)5/h6H,1-5H3,(H,14,15). The number of hydrogen-bond donors (Lipinski definition) is 1. The van der Waals surface area contributed by atoms with E-state index in [1.807, 2.05) is 34.6 Å². The molecule has 1 heterocycles. The minimum absolute atomic E-state index is 0.113. The first kappa shape index (κ1) is 11.6. The third-order valence-corrected chi connectivity index (χ3v) is 1.94. The van der Waals surface area contributed by atoms with Crippen molar-refractivity contribution in [2.75, 3.05) is 0 Å². The van der Waals surface area contributed by atoms with Crippen molar-refractivity contribution in [1.82, 2.24) is 15.3 Å². The molecular weight excluding hydrogens is 190 g/mol. The Morgan fingerprint density at radius 1 is 1.20 bits per heavy atom. The molecule has 15 heavy (non-hydrogen) atoms. The van der Waals surface area contributed by atoms with Crippen molar-refractivity contribution in [2.45, 2.75) is 40.2 Å². The molecular formula is C11H17N3O. The Labute approximate surface area is 90.1 Å². The van der Waals surface area contributed by atoms with Crippen molar-refractivity contribution in [3.05, 3.63) is 23.3 Å². The van der Waals surface area contributed by atoms with Crippen LogP contribution in [0.15, 0.2) is 6.33 Å². The van der Waals surface area contributed by atoms with Gasteiger partial charge in [-0.05, 0) is 34.6 Å². The van der Waals surface area contributed by atoms with Gasteiger partial charge in [-0.15, -0.1) is 0 Å². The van der Waals surface area contributed by atoms with Crippen molar-refractivity contribution >= 4 is 5.91 Å². The molecule has 1 amide bonds. The lowest BCUT2D eigenvalue weighted by atomic mass is 10.1. The molecule has 4 heteroatoms. The first-order valence-corrected chi connectivity index (χ1v) is 4.92. The highest BCUT2D eigenvalue weighted by Gasteiger charge is 2.19. The Morgan fingerprint density at radius 2 is 1.67 bits per heavy atom. The molecule has 1 aromatic rings. The fraction of sp³-hybridized carbons (Fsp3) is 0.545. The minimum atomic E-state index is -0.244. The highest BCUT2D eigenvalue weighted by molar-refractivity contribution is 5.96. The van der Waals surface area contributed by atoms with E-state index in [2.05, 4.69) is 15.3 Å². The van der Waals surface area contributed by atoms with Crippen LogP contribution in [0.4, 0.5) is 0 Å². The number of carbonyl (C=O) groups is 1. The van der Waals surface area contributed by atoms with E-state index < -0.39 is 0 Å². The maximum atomic E-state index is 11.9. The summed E-state index contributed by atoms with van der Waals surface area (Å²) in [6.45, 7) is 9.45. The van der Waals surface area contributed by atoms with Gasteiger partial charge >= 0.3 is 0 Å². The summed E-state index contributed by atoms with van der Waals surface area (Å²) in [5.74, 6) is -0.113. The topological polar surface area (TPSA) is 54.9 Å². The number of hydrogen-bond acceptors (Lipinski definition) is 3. The zero-order chi connectivity index (χ0) is 11.6. The Kier molecular flexibility index (Phi) is 3.07. The molecule has 82 valence electrons. The molecule has 4 nitrogen and oxygen atoms in total. The average Bonchev–Trinajstić information content (AvgIpc) is 1.99. The lowest BCUT2D eigenvalue weighted by molar-refractivity contribution is 0.0917. The predicted octanol–water partition coefficient (Wildman–Crippen LogP) is 1.62. The molecule has 0 aromatic carbocycles. The van der Waals surface area contributed by atoms with Crippen molar-refractivity contribution in [2.24, 2.45) is 0 Å². The summed E-state index contributed by atoms with van der Waals surface area (Å²) >= 11 is 0. The second kappa shape index (κ2) is 3.96. The summed E-state index contributed by atoms with van der Waals surface area (Å²) in [5, 5.41) is 2.90. The average molecular weight is 207 g/mol. The van der Waals surface area contributed by atoms with Gasteiger partial charge < -0.3 is 5.32 Å². The van der Waals surface area contributed by atoms with Gasteiger partial charge in [-0.1, -0.05) is 0 Å². The van der Waals surface area contributed by atoms with Crippen LogP contribution in [0.1, 0.15) is 42.5 Å². The smallest absolute Gasteiger partial charge is 0.255 e. The van der Waals surface area contributed by atoms with Crippen LogP contribution in [0.25, 0.3) is 0 Å². The Bertz CT molecular complexity index is 360. The Balaban J connectivity index is 3.02. The third-order valence-electron chi connectivity index (χ3n) is 1.94. The summed E-state index contributed by atoms with van der Waals surface area (Å²) in [7, 11) is 0. The Hall–Kier alpha value is -1.45. The van der Waals surface area contributed by atoms with Gasteiger partial charge in [-0.2, -0.15) is 0 Å². The maximum absolute atomic E-state index is 11.9. The van der Waals surface area contributed by atoms with E-state index in [4.69, 9.17) is 0 Å². The first-order valence-electron chi connectivity index (χ1n) is 4.92. The molecule has 0 spiro atoms. The highest BCUT2D eigenvalue weighted by Crippen LogP contribution is 2.10. The van der Waals surface area contributed by atoms with Gasteiger partial charge in [0.15, 0.2) is 0 Å². The van der Waals surface area contributed by atoms with E-state index >= 15 is 0 Å². The summed E-state index contributed by atoms with van der Waals surface area (Å²) in [6, 6.07) is 0. The van der Waals surface area contributed by atoms with Crippen LogP contribution in [0.3, 0.4) is 0 Å². The summed E-state index contributed by atoms with van der Waals surface area (Å²) < 4.78 is 0. The molecule has 0 aliphatic carbocycles. The van der Waals surface area contributed by atoms with Crippen LogP contribution >= 0.6 is 0 Å². The lowest BCUT2D eigenvalue weighted by Gasteiger charge is -2.21. The fourth-order valence-corrected chi connectivity index (χ4v) is 1.32. The largest absolute Gasteiger partial charge is 0.347 e. The second-order valence-corrected chi connectivity index (χ2v) is 4.62. The van der Waals surface area contributed by atoms with E-state index in [9.17, 15) is 4.79 Å². The van der Waals surface area contributed by atoms with Gasteiger partial charge in [0.25, 0.3) is 5.91 Å². The normalized spacial score (nSPS) is 11.3. The van der Waals surface area contributed by atoms with Crippen LogP contribution in [0.2, 0.25) is 0 Å². The van der Waals surface area contributed by atoms with E-state index in [0.29, 0.717) is 17.0 Å². The molecule has 1 rings (SSSR count). The molecule has 0 bridgehead atoms.